The van der Waals surface area contributed by atoms with Crippen molar-refractivity contribution in [3.05, 3.63) is 24.0 Å². The van der Waals surface area contributed by atoms with Gasteiger partial charge in [0.2, 0.25) is 0 Å². The molecule has 0 atom stereocenters. The van der Waals surface area contributed by atoms with E-state index in [0.717, 1.165) is 18.3 Å². The Kier molecular flexibility index (Phi) is 4.53. The van der Waals surface area contributed by atoms with Crippen LogP contribution in [0.5, 0.6) is 0 Å². The summed E-state index contributed by atoms with van der Waals surface area (Å²) in [6.45, 7) is 5.81. The largest absolute Gasteiger partial charge is 0.388 e. The summed E-state index contributed by atoms with van der Waals surface area (Å²) in [5.41, 5.74) is 2.32. The summed E-state index contributed by atoms with van der Waals surface area (Å²) in [6, 6.07) is 5.05. The van der Waals surface area contributed by atoms with Crippen LogP contribution >= 0.6 is 0 Å². The lowest BCUT2D eigenvalue weighted by Gasteiger charge is -2.37. The highest BCUT2D eigenvalue weighted by Gasteiger charge is 2.26. The van der Waals surface area contributed by atoms with Crippen LogP contribution in [0.2, 0.25) is 0 Å². The van der Waals surface area contributed by atoms with Gasteiger partial charge in [0.1, 0.15) is 0 Å². The predicted molar refractivity (Wildman–Crippen MR) is 82.9 cm³/mol. The molecule has 1 saturated carbocycles. The minimum atomic E-state index is 0.878. The standard InChI is InChI=1S/C16H26N4/c1-17-14-6-7-18-15(12-14)13-19-8-10-20(11-9-19)16-4-2-3-5-16/h6-7,12,16H,2-5,8-11,13H2,1H3,(H,17,18). The fourth-order valence-electron chi connectivity index (χ4n) is 3.51. The molecule has 1 aliphatic heterocycles. The van der Waals surface area contributed by atoms with Crippen LogP contribution in [0.4, 0.5) is 5.69 Å². The molecule has 2 aliphatic rings. The minimum Gasteiger partial charge on any atom is -0.388 e. The average molecular weight is 274 g/mol. The molecule has 110 valence electrons. The third-order valence-electron chi connectivity index (χ3n) is 4.74. The van der Waals surface area contributed by atoms with Gasteiger partial charge in [0.25, 0.3) is 0 Å². The van der Waals surface area contributed by atoms with E-state index in [1.807, 2.05) is 19.3 Å². The zero-order valence-electron chi connectivity index (χ0n) is 12.5. The van der Waals surface area contributed by atoms with Crippen LogP contribution < -0.4 is 5.32 Å². The summed E-state index contributed by atoms with van der Waals surface area (Å²) in [7, 11) is 1.96. The second kappa shape index (κ2) is 6.55. The molecule has 0 radical (unpaired) electrons. The molecule has 3 rings (SSSR count). The average Bonchev–Trinajstić information content (AvgIpc) is 3.02. The number of pyridine rings is 1. The summed E-state index contributed by atoms with van der Waals surface area (Å²) in [5.74, 6) is 0. The highest BCUT2D eigenvalue weighted by Crippen LogP contribution is 2.24. The highest BCUT2D eigenvalue weighted by molar-refractivity contribution is 5.42. The van der Waals surface area contributed by atoms with Gasteiger partial charge in [-0.15, -0.1) is 0 Å². The van der Waals surface area contributed by atoms with Crippen molar-refractivity contribution in [1.29, 1.82) is 0 Å². The summed E-state index contributed by atoms with van der Waals surface area (Å²) in [4.78, 5) is 9.73. The Labute approximate surface area is 122 Å². The van der Waals surface area contributed by atoms with Crippen LogP contribution in [-0.2, 0) is 6.54 Å². The molecule has 0 amide bonds. The lowest BCUT2D eigenvalue weighted by Crippen LogP contribution is -2.49. The Balaban J connectivity index is 1.50. The normalized spacial score (nSPS) is 22.2. The van der Waals surface area contributed by atoms with Crippen molar-refractivity contribution in [3.8, 4) is 0 Å². The zero-order valence-corrected chi connectivity index (χ0v) is 12.5. The Hall–Kier alpha value is -1.13. The number of piperazine rings is 1. The quantitative estimate of drug-likeness (QED) is 0.912. The van der Waals surface area contributed by atoms with Crippen LogP contribution in [0.3, 0.4) is 0 Å². The van der Waals surface area contributed by atoms with Crippen molar-refractivity contribution in [2.45, 2.75) is 38.3 Å². The second-order valence-electron chi connectivity index (χ2n) is 6.04. The van der Waals surface area contributed by atoms with E-state index < -0.39 is 0 Å². The number of nitrogens with zero attached hydrogens (tertiary/aromatic N) is 3. The van der Waals surface area contributed by atoms with Gasteiger partial charge in [-0.3, -0.25) is 14.8 Å². The van der Waals surface area contributed by atoms with Crippen LogP contribution in [0.25, 0.3) is 0 Å². The second-order valence-corrected chi connectivity index (χ2v) is 6.04. The van der Waals surface area contributed by atoms with Crippen LogP contribution in [0.1, 0.15) is 31.4 Å². The maximum Gasteiger partial charge on any atom is 0.0564 e. The van der Waals surface area contributed by atoms with E-state index >= 15 is 0 Å². The topological polar surface area (TPSA) is 31.4 Å². The lowest BCUT2D eigenvalue weighted by atomic mass is 10.1. The third-order valence-corrected chi connectivity index (χ3v) is 4.74. The van der Waals surface area contributed by atoms with Gasteiger partial charge in [-0.25, -0.2) is 0 Å². The molecule has 1 N–H and O–H groups in total. The van der Waals surface area contributed by atoms with Crippen LogP contribution in [0, 0.1) is 0 Å². The Bertz CT molecular complexity index is 420. The maximum atomic E-state index is 4.48. The fourth-order valence-corrected chi connectivity index (χ4v) is 3.51. The third kappa shape index (κ3) is 3.30. The van der Waals surface area contributed by atoms with Crippen molar-refractivity contribution in [3.63, 3.8) is 0 Å². The molecule has 2 heterocycles. The molecule has 1 aliphatic carbocycles. The molecular formula is C16H26N4. The fraction of sp³-hybridized carbons (Fsp3) is 0.688. The molecule has 0 aromatic carbocycles. The number of aromatic nitrogens is 1. The summed E-state index contributed by atoms with van der Waals surface area (Å²) < 4.78 is 0. The summed E-state index contributed by atoms with van der Waals surface area (Å²) in [6.07, 6.45) is 7.62. The monoisotopic (exact) mass is 274 g/mol. The van der Waals surface area contributed by atoms with Gasteiger partial charge in [0, 0.05) is 57.7 Å². The molecule has 4 heteroatoms. The maximum absolute atomic E-state index is 4.48. The van der Waals surface area contributed by atoms with E-state index in [2.05, 4.69) is 26.2 Å². The molecule has 4 nitrogen and oxygen atoms in total. The SMILES string of the molecule is CNc1ccnc(CN2CCN(C3CCCC3)CC2)c1. The number of rotatable bonds is 4. The van der Waals surface area contributed by atoms with E-state index in [-0.39, 0.29) is 0 Å². The molecule has 1 saturated heterocycles. The van der Waals surface area contributed by atoms with E-state index in [4.69, 9.17) is 0 Å². The number of anilines is 1. The van der Waals surface area contributed by atoms with E-state index in [0.29, 0.717) is 0 Å². The lowest BCUT2D eigenvalue weighted by molar-refractivity contribution is 0.0930. The number of hydrogen-bond acceptors (Lipinski definition) is 4. The molecule has 2 fully saturated rings. The number of hydrogen-bond donors (Lipinski definition) is 1. The molecule has 20 heavy (non-hydrogen) atoms. The highest BCUT2D eigenvalue weighted by atomic mass is 15.3. The first kappa shape index (κ1) is 13.8. The first-order chi connectivity index (χ1) is 9.85. The van der Waals surface area contributed by atoms with Gasteiger partial charge >= 0.3 is 0 Å². The van der Waals surface area contributed by atoms with Gasteiger partial charge in [-0.1, -0.05) is 12.8 Å². The van der Waals surface area contributed by atoms with Gasteiger partial charge in [-0.05, 0) is 25.0 Å². The van der Waals surface area contributed by atoms with Gasteiger partial charge in [0.15, 0.2) is 0 Å². The molecular weight excluding hydrogens is 248 g/mol. The molecule has 0 unspecified atom stereocenters. The van der Waals surface area contributed by atoms with E-state index in [9.17, 15) is 0 Å². The van der Waals surface area contributed by atoms with E-state index in [1.54, 1.807) is 0 Å². The molecule has 0 bridgehead atoms. The Morgan fingerprint density at radius 2 is 1.95 bits per heavy atom. The van der Waals surface area contributed by atoms with Crippen molar-refractivity contribution in [2.24, 2.45) is 0 Å². The number of nitrogens with one attached hydrogen (secondary N) is 1. The van der Waals surface area contributed by atoms with Gasteiger partial charge in [0.05, 0.1) is 5.69 Å². The molecule has 1 aromatic heterocycles. The molecule has 1 aromatic rings. The minimum absolute atomic E-state index is 0.878. The first-order valence-electron chi connectivity index (χ1n) is 7.94. The van der Waals surface area contributed by atoms with Gasteiger partial charge < -0.3 is 5.32 Å². The Morgan fingerprint density at radius 1 is 1.20 bits per heavy atom. The van der Waals surface area contributed by atoms with E-state index in [1.165, 1.54) is 57.6 Å². The van der Waals surface area contributed by atoms with Crippen molar-refractivity contribution >= 4 is 5.69 Å². The van der Waals surface area contributed by atoms with Crippen molar-refractivity contribution < 1.29 is 0 Å². The first-order valence-corrected chi connectivity index (χ1v) is 7.94. The Morgan fingerprint density at radius 3 is 2.65 bits per heavy atom. The van der Waals surface area contributed by atoms with Crippen LogP contribution in [0.15, 0.2) is 18.3 Å². The van der Waals surface area contributed by atoms with Gasteiger partial charge in [-0.2, -0.15) is 0 Å². The van der Waals surface area contributed by atoms with Crippen molar-refractivity contribution in [1.82, 2.24) is 14.8 Å². The van der Waals surface area contributed by atoms with Crippen molar-refractivity contribution in [2.75, 3.05) is 38.5 Å². The summed E-state index contributed by atoms with van der Waals surface area (Å²) in [5, 5.41) is 3.18. The predicted octanol–water partition coefficient (Wildman–Crippen LogP) is 2.18. The zero-order chi connectivity index (χ0) is 13.8. The van der Waals surface area contributed by atoms with Crippen LogP contribution in [-0.4, -0.2) is 54.1 Å². The summed E-state index contributed by atoms with van der Waals surface area (Å²) >= 11 is 0. The smallest absolute Gasteiger partial charge is 0.0564 e. The molecule has 0 spiro atoms.